The predicted molar refractivity (Wildman–Crippen MR) is 111 cm³/mol. The maximum atomic E-state index is 12.8. The number of carbonyl (C=O) groups excluding carboxylic acids is 3. The van der Waals surface area contributed by atoms with Crippen molar-refractivity contribution in [3.8, 4) is 5.75 Å². The summed E-state index contributed by atoms with van der Waals surface area (Å²) in [5, 5.41) is 5.94. The van der Waals surface area contributed by atoms with Gasteiger partial charge in [-0.15, -0.1) is 11.3 Å². The molecule has 0 radical (unpaired) electrons. The summed E-state index contributed by atoms with van der Waals surface area (Å²) >= 11 is 1.42. The fraction of sp³-hybridized carbons (Fsp3) is 0.350. The van der Waals surface area contributed by atoms with Crippen LogP contribution in [-0.2, 0) is 22.4 Å². The van der Waals surface area contributed by atoms with E-state index in [1.165, 1.54) is 11.3 Å². The average molecular weight is 414 g/mol. The molecule has 4 rings (SSSR count). The molecule has 0 spiro atoms. The molecule has 1 aromatic heterocycles. The Hall–Kier alpha value is -3.07. The molecule has 1 atom stereocenters. The van der Waals surface area contributed by atoms with Gasteiger partial charge in [-0.05, 0) is 37.0 Å². The number of amides is 3. The highest BCUT2D eigenvalue weighted by Gasteiger charge is 2.32. The Bertz CT molecular complexity index is 987. The molecule has 2 aromatic rings. The summed E-state index contributed by atoms with van der Waals surface area (Å²) in [4.78, 5) is 39.7. The van der Waals surface area contributed by atoms with Crippen molar-refractivity contribution in [2.75, 3.05) is 30.4 Å². The molecule has 1 unspecified atom stereocenters. The Morgan fingerprint density at radius 2 is 2.07 bits per heavy atom. The van der Waals surface area contributed by atoms with Crippen LogP contribution in [0.4, 0.5) is 10.7 Å². The SMILES string of the molecule is CNC(=O)C1CN(CC(=O)Nc2sc3c(c2C(N)=O)CCC3)c2ccccc2O1. The van der Waals surface area contributed by atoms with Crippen LogP contribution in [0.3, 0.4) is 0 Å². The lowest BCUT2D eigenvalue weighted by Gasteiger charge is -2.34. The molecule has 1 aliphatic heterocycles. The molecular weight excluding hydrogens is 392 g/mol. The summed E-state index contributed by atoms with van der Waals surface area (Å²) in [6.07, 6.45) is 2.00. The van der Waals surface area contributed by atoms with Crippen LogP contribution in [0.2, 0.25) is 0 Å². The predicted octanol–water partition coefficient (Wildman–Crippen LogP) is 1.29. The maximum absolute atomic E-state index is 12.8. The van der Waals surface area contributed by atoms with Crippen LogP contribution in [0.1, 0.15) is 27.2 Å². The Balaban J connectivity index is 1.54. The monoisotopic (exact) mass is 414 g/mol. The van der Waals surface area contributed by atoms with Gasteiger partial charge in [0.15, 0.2) is 6.10 Å². The van der Waals surface area contributed by atoms with E-state index in [1.54, 1.807) is 18.0 Å². The molecule has 1 aliphatic carbocycles. The van der Waals surface area contributed by atoms with Gasteiger partial charge in [0.25, 0.3) is 11.8 Å². The Morgan fingerprint density at radius 3 is 2.83 bits per heavy atom. The first-order chi connectivity index (χ1) is 14.0. The number of nitrogens with two attached hydrogens (primary N) is 1. The molecule has 0 saturated heterocycles. The first kappa shape index (κ1) is 19.3. The molecule has 2 heterocycles. The second kappa shape index (κ2) is 7.75. The van der Waals surface area contributed by atoms with Crippen molar-refractivity contribution in [1.82, 2.24) is 5.32 Å². The normalized spacial score (nSPS) is 17.1. The number of hydrogen-bond donors (Lipinski definition) is 3. The van der Waals surface area contributed by atoms with Crippen molar-refractivity contribution >= 4 is 39.7 Å². The van der Waals surface area contributed by atoms with Crippen LogP contribution >= 0.6 is 11.3 Å². The highest BCUT2D eigenvalue weighted by atomic mass is 32.1. The summed E-state index contributed by atoms with van der Waals surface area (Å²) in [5.41, 5.74) is 7.71. The number of para-hydroxylation sites is 2. The number of aryl methyl sites for hydroxylation is 1. The van der Waals surface area contributed by atoms with Crippen LogP contribution < -0.4 is 26.0 Å². The lowest BCUT2D eigenvalue weighted by molar-refractivity contribution is -0.127. The number of carbonyl (C=O) groups is 3. The molecule has 2 aliphatic rings. The third kappa shape index (κ3) is 3.65. The maximum Gasteiger partial charge on any atom is 0.262 e. The van der Waals surface area contributed by atoms with Gasteiger partial charge < -0.3 is 26.0 Å². The van der Waals surface area contributed by atoms with Crippen molar-refractivity contribution in [3.63, 3.8) is 0 Å². The van der Waals surface area contributed by atoms with Gasteiger partial charge in [0.05, 0.1) is 24.3 Å². The third-order valence-corrected chi connectivity index (χ3v) is 6.36. The average Bonchev–Trinajstić information content (AvgIpc) is 3.27. The van der Waals surface area contributed by atoms with Crippen molar-refractivity contribution in [2.45, 2.75) is 25.4 Å². The summed E-state index contributed by atoms with van der Waals surface area (Å²) in [5.74, 6) is -0.500. The van der Waals surface area contributed by atoms with Crippen LogP contribution in [0, 0.1) is 0 Å². The van der Waals surface area contributed by atoms with Gasteiger partial charge in [-0.2, -0.15) is 0 Å². The van der Waals surface area contributed by atoms with Gasteiger partial charge in [0, 0.05) is 11.9 Å². The molecule has 1 aromatic carbocycles. The van der Waals surface area contributed by atoms with E-state index < -0.39 is 12.0 Å². The van der Waals surface area contributed by atoms with E-state index in [-0.39, 0.29) is 24.9 Å². The minimum atomic E-state index is -0.714. The molecule has 152 valence electrons. The van der Waals surface area contributed by atoms with Gasteiger partial charge in [-0.1, -0.05) is 12.1 Å². The van der Waals surface area contributed by atoms with E-state index in [1.807, 2.05) is 18.2 Å². The molecular formula is C20H22N4O4S. The molecule has 8 nitrogen and oxygen atoms in total. The number of nitrogens with one attached hydrogen (secondary N) is 2. The lowest BCUT2D eigenvalue weighted by Crippen LogP contribution is -2.50. The fourth-order valence-corrected chi connectivity index (χ4v) is 5.16. The summed E-state index contributed by atoms with van der Waals surface area (Å²) in [7, 11) is 1.55. The van der Waals surface area contributed by atoms with Crippen LogP contribution in [0.15, 0.2) is 24.3 Å². The van der Waals surface area contributed by atoms with E-state index >= 15 is 0 Å². The first-order valence-electron chi connectivity index (χ1n) is 9.44. The number of ether oxygens (including phenoxy) is 1. The van der Waals surface area contributed by atoms with Crippen molar-refractivity contribution in [3.05, 3.63) is 40.3 Å². The first-order valence-corrected chi connectivity index (χ1v) is 10.3. The second-order valence-electron chi connectivity index (χ2n) is 7.04. The number of nitrogens with zero attached hydrogens (tertiary/aromatic N) is 1. The van der Waals surface area contributed by atoms with Crippen molar-refractivity contribution in [1.29, 1.82) is 0 Å². The molecule has 0 bridgehead atoms. The Labute approximate surface area is 172 Å². The summed E-state index contributed by atoms with van der Waals surface area (Å²) < 4.78 is 5.76. The molecule has 0 saturated carbocycles. The number of hydrogen-bond acceptors (Lipinski definition) is 6. The molecule has 0 fully saturated rings. The molecule has 29 heavy (non-hydrogen) atoms. The van der Waals surface area contributed by atoms with Crippen LogP contribution in [-0.4, -0.2) is 44.0 Å². The largest absolute Gasteiger partial charge is 0.477 e. The Morgan fingerprint density at radius 1 is 1.28 bits per heavy atom. The van der Waals surface area contributed by atoms with Crippen LogP contribution in [0.5, 0.6) is 5.75 Å². The van der Waals surface area contributed by atoms with E-state index in [9.17, 15) is 14.4 Å². The standard InChI is InChI=1S/C20H22N4O4S/c1-22-19(27)14-9-24(12-6-2-3-7-13(12)28-14)10-16(25)23-20-17(18(21)26)11-5-4-8-15(11)29-20/h2-3,6-7,14H,4-5,8-10H2,1H3,(H2,21,26)(H,22,27)(H,23,25). The summed E-state index contributed by atoms with van der Waals surface area (Å²) in [6.45, 7) is 0.266. The highest BCUT2D eigenvalue weighted by Crippen LogP contribution is 2.39. The topological polar surface area (TPSA) is 114 Å². The third-order valence-electron chi connectivity index (χ3n) is 5.16. The number of fused-ring (bicyclic) bond motifs is 2. The zero-order valence-corrected chi connectivity index (χ0v) is 16.8. The smallest absolute Gasteiger partial charge is 0.262 e. The van der Waals surface area contributed by atoms with Crippen LogP contribution in [0.25, 0.3) is 0 Å². The second-order valence-corrected chi connectivity index (χ2v) is 8.15. The van der Waals surface area contributed by atoms with E-state index in [0.29, 0.717) is 16.3 Å². The number of thiophene rings is 1. The number of benzene rings is 1. The Kier molecular flexibility index (Phi) is 5.14. The quantitative estimate of drug-likeness (QED) is 0.682. The zero-order chi connectivity index (χ0) is 20.5. The van der Waals surface area contributed by atoms with E-state index in [2.05, 4.69) is 10.6 Å². The molecule has 4 N–H and O–H groups in total. The minimum absolute atomic E-state index is 0.0225. The number of anilines is 2. The van der Waals surface area contributed by atoms with E-state index in [0.717, 1.165) is 35.4 Å². The molecule has 3 amide bonds. The zero-order valence-electron chi connectivity index (χ0n) is 16.0. The van der Waals surface area contributed by atoms with Crippen molar-refractivity contribution < 1.29 is 19.1 Å². The lowest BCUT2D eigenvalue weighted by atomic mass is 10.1. The molecule has 9 heteroatoms. The number of primary amides is 1. The summed E-state index contributed by atoms with van der Waals surface area (Å²) in [6, 6.07) is 7.28. The van der Waals surface area contributed by atoms with Gasteiger partial charge in [-0.25, -0.2) is 0 Å². The fourth-order valence-electron chi connectivity index (χ4n) is 3.85. The van der Waals surface area contributed by atoms with Gasteiger partial charge in [-0.3, -0.25) is 14.4 Å². The minimum Gasteiger partial charge on any atom is -0.477 e. The highest BCUT2D eigenvalue weighted by molar-refractivity contribution is 7.17. The van der Waals surface area contributed by atoms with E-state index in [4.69, 9.17) is 10.5 Å². The number of likely N-dealkylation sites (N-methyl/N-ethyl adjacent to an activating group) is 1. The van der Waals surface area contributed by atoms with Gasteiger partial charge in [0.2, 0.25) is 5.91 Å². The van der Waals surface area contributed by atoms with Crippen molar-refractivity contribution in [2.24, 2.45) is 5.73 Å². The number of rotatable bonds is 5. The van der Waals surface area contributed by atoms with Gasteiger partial charge >= 0.3 is 0 Å². The van der Waals surface area contributed by atoms with Gasteiger partial charge in [0.1, 0.15) is 10.8 Å².